The van der Waals surface area contributed by atoms with E-state index in [1.807, 2.05) is 12.3 Å². The largest absolute Gasteiger partial charge is 0.476 e. The van der Waals surface area contributed by atoms with Gasteiger partial charge in [-0.1, -0.05) is 17.3 Å². The van der Waals surface area contributed by atoms with Gasteiger partial charge in [-0.15, -0.1) is 5.10 Å². The average molecular weight is 270 g/mol. The Morgan fingerprint density at radius 2 is 2.15 bits per heavy atom. The number of carboxylic acid groups (broad SMARTS) is 1. The van der Waals surface area contributed by atoms with Crippen molar-refractivity contribution >= 4 is 16.9 Å². The molecule has 0 unspecified atom stereocenters. The first-order chi connectivity index (χ1) is 9.65. The van der Waals surface area contributed by atoms with Crippen molar-refractivity contribution in [1.82, 2.24) is 19.6 Å². The molecule has 2 aromatic heterocycles. The van der Waals surface area contributed by atoms with E-state index in [-0.39, 0.29) is 5.69 Å². The molecule has 3 aromatic rings. The van der Waals surface area contributed by atoms with E-state index in [4.69, 9.17) is 5.11 Å². The highest BCUT2D eigenvalue weighted by molar-refractivity contribution is 5.84. The lowest BCUT2D eigenvalue weighted by Gasteiger charge is -2.05. The molecule has 20 heavy (non-hydrogen) atoms. The predicted octanol–water partition coefficient (Wildman–Crippen LogP) is 1.94. The quantitative estimate of drug-likeness (QED) is 0.786. The molecule has 0 saturated heterocycles. The van der Waals surface area contributed by atoms with Gasteiger partial charge >= 0.3 is 5.97 Å². The Balaban J connectivity index is 1.79. The van der Waals surface area contributed by atoms with Crippen LogP contribution in [0.4, 0.5) is 0 Å². The lowest BCUT2D eigenvalue weighted by Crippen LogP contribution is -2.07. The molecule has 0 radical (unpaired) electrons. The van der Waals surface area contributed by atoms with Crippen LogP contribution in [0.5, 0.6) is 0 Å². The number of benzene rings is 1. The van der Waals surface area contributed by atoms with Gasteiger partial charge in [0, 0.05) is 23.6 Å². The number of hydrogen-bond donors (Lipinski definition) is 1. The van der Waals surface area contributed by atoms with Crippen LogP contribution < -0.4 is 0 Å². The zero-order chi connectivity index (χ0) is 14.1. The highest BCUT2D eigenvalue weighted by Crippen LogP contribution is 2.19. The lowest BCUT2D eigenvalue weighted by atomic mass is 10.1. The van der Waals surface area contributed by atoms with Crippen molar-refractivity contribution in [1.29, 1.82) is 0 Å². The highest BCUT2D eigenvalue weighted by atomic mass is 16.4. The smallest absolute Gasteiger partial charge is 0.358 e. The number of aromatic nitrogens is 4. The van der Waals surface area contributed by atoms with Crippen molar-refractivity contribution in [2.24, 2.45) is 0 Å². The van der Waals surface area contributed by atoms with Crippen LogP contribution in [-0.4, -0.2) is 30.6 Å². The van der Waals surface area contributed by atoms with Crippen LogP contribution in [0.15, 0.2) is 36.7 Å². The number of rotatable bonds is 4. The van der Waals surface area contributed by atoms with E-state index in [0.717, 1.165) is 6.54 Å². The van der Waals surface area contributed by atoms with Gasteiger partial charge in [-0.2, -0.15) is 0 Å². The molecule has 0 aliphatic carbocycles. The van der Waals surface area contributed by atoms with Gasteiger partial charge in [0.2, 0.25) is 0 Å². The van der Waals surface area contributed by atoms with Crippen molar-refractivity contribution in [3.8, 4) is 0 Å². The third-order valence-corrected chi connectivity index (χ3v) is 3.36. The average Bonchev–Trinajstić information content (AvgIpc) is 3.03. The molecular weight excluding hydrogens is 256 g/mol. The first-order valence-electron chi connectivity index (χ1n) is 6.33. The van der Waals surface area contributed by atoms with Crippen LogP contribution in [0.2, 0.25) is 0 Å². The van der Waals surface area contributed by atoms with E-state index in [1.54, 1.807) is 4.68 Å². The van der Waals surface area contributed by atoms with Crippen LogP contribution in [0.1, 0.15) is 16.1 Å². The van der Waals surface area contributed by atoms with E-state index >= 15 is 0 Å². The van der Waals surface area contributed by atoms with E-state index in [9.17, 15) is 4.79 Å². The SMILES string of the molecule is Cc1cccc2c1ccn2CCn1cc(C(=O)O)nn1. The summed E-state index contributed by atoms with van der Waals surface area (Å²) in [6, 6.07) is 8.29. The summed E-state index contributed by atoms with van der Waals surface area (Å²) in [5.41, 5.74) is 2.39. The molecule has 0 spiro atoms. The van der Waals surface area contributed by atoms with Crippen LogP contribution >= 0.6 is 0 Å². The number of aryl methyl sites for hydroxylation is 3. The number of fused-ring (bicyclic) bond motifs is 1. The van der Waals surface area contributed by atoms with E-state index in [1.165, 1.54) is 22.7 Å². The number of nitrogens with zero attached hydrogens (tertiary/aromatic N) is 4. The summed E-state index contributed by atoms with van der Waals surface area (Å²) < 4.78 is 3.68. The Bertz CT molecular complexity index is 772. The van der Waals surface area contributed by atoms with Gasteiger partial charge in [-0.25, -0.2) is 9.48 Å². The predicted molar refractivity (Wildman–Crippen MR) is 73.7 cm³/mol. The van der Waals surface area contributed by atoms with Gasteiger partial charge < -0.3 is 9.67 Å². The fraction of sp³-hybridized carbons (Fsp3) is 0.214. The summed E-state index contributed by atoms with van der Waals surface area (Å²) in [5.74, 6) is -1.06. The molecule has 3 rings (SSSR count). The number of aromatic carboxylic acids is 1. The monoisotopic (exact) mass is 270 g/mol. The zero-order valence-corrected chi connectivity index (χ0v) is 11.0. The van der Waals surface area contributed by atoms with E-state index in [0.29, 0.717) is 6.54 Å². The fourth-order valence-corrected chi connectivity index (χ4v) is 2.29. The van der Waals surface area contributed by atoms with Crippen molar-refractivity contribution in [2.75, 3.05) is 0 Å². The molecule has 6 heteroatoms. The van der Waals surface area contributed by atoms with Gasteiger partial charge in [0.05, 0.1) is 12.7 Å². The Kier molecular flexibility index (Phi) is 2.98. The Hall–Kier alpha value is -2.63. The van der Waals surface area contributed by atoms with Gasteiger partial charge in [0.25, 0.3) is 0 Å². The minimum atomic E-state index is -1.06. The normalized spacial score (nSPS) is 11.1. The topological polar surface area (TPSA) is 72.9 Å². The Morgan fingerprint density at radius 1 is 1.30 bits per heavy atom. The Morgan fingerprint density at radius 3 is 2.90 bits per heavy atom. The lowest BCUT2D eigenvalue weighted by molar-refractivity contribution is 0.0690. The molecule has 102 valence electrons. The number of hydrogen-bond acceptors (Lipinski definition) is 3. The third-order valence-electron chi connectivity index (χ3n) is 3.36. The van der Waals surface area contributed by atoms with Crippen molar-refractivity contribution in [3.63, 3.8) is 0 Å². The molecule has 0 bridgehead atoms. The summed E-state index contributed by atoms with van der Waals surface area (Å²) in [7, 11) is 0. The summed E-state index contributed by atoms with van der Waals surface area (Å²) in [4.78, 5) is 10.7. The minimum Gasteiger partial charge on any atom is -0.476 e. The summed E-state index contributed by atoms with van der Waals surface area (Å²) in [6.07, 6.45) is 3.48. The van der Waals surface area contributed by atoms with Crippen molar-refractivity contribution in [3.05, 3.63) is 47.9 Å². The zero-order valence-electron chi connectivity index (χ0n) is 11.0. The van der Waals surface area contributed by atoms with Crippen LogP contribution in [0, 0.1) is 6.92 Å². The third kappa shape index (κ3) is 2.16. The maximum absolute atomic E-state index is 10.7. The molecule has 6 nitrogen and oxygen atoms in total. The van der Waals surface area contributed by atoms with Gasteiger partial charge in [0.15, 0.2) is 5.69 Å². The summed E-state index contributed by atoms with van der Waals surface area (Å²) in [6.45, 7) is 3.39. The second-order valence-electron chi connectivity index (χ2n) is 4.69. The van der Waals surface area contributed by atoms with Crippen molar-refractivity contribution in [2.45, 2.75) is 20.0 Å². The summed E-state index contributed by atoms with van der Waals surface area (Å²) in [5, 5.41) is 17.4. The highest BCUT2D eigenvalue weighted by Gasteiger charge is 2.08. The molecule has 1 aromatic carbocycles. The maximum Gasteiger partial charge on any atom is 0.358 e. The second-order valence-corrected chi connectivity index (χ2v) is 4.69. The first kappa shape index (κ1) is 12.4. The molecule has 2 heterocycles. The van der Waals surface area contributed by atoms with Gasteiger partial charge in [-0.05, 0) is 24.6 Å². The number of carbonyl (C=O) groups is 1. The standard InChI is InChI=1S/C14H14N4O2/c1-10-3-2-4-13-11(10)5-6-17(13)7-8-18-9-12(14(19)20)15-16-18/h2-6,9H,7-8H2,1H3,(H,19,20). The van der Waals surface area contributed by atoms with Crippen LogP contribution in [0.25, 0.3) is 10.9 Å². The molecule has 1 N–H and O–H groups in total. The maximum atomic E-state index is 10.7. The molecule has 0 aliphatic rings. The first-order valence-corrected chi connectivity index (χ1v) is 6.33. The molecular formula is C14H14N4O2. The second kappa shape index (κ2) is 4.80. The van der Waals surface area contributed by atoms with Gasteiger partial charge in [-0.3, -0.25) is 0 Å². The minimum absolute atomic E-state index is 0.0294. The molecule has 0 saturated carbocycles. The number of carboxylic acids is 1. The van der Waals surface area contributed by atoms with Crippen molar-refractivity contribution < 1.29 is 9.90 Å². The molecule has 0 amide bonds. The van der Waals surface area contributed by atoms with Crippen LogP contribution in [0.3, 0.4) is 0 Å². The molecule has 0 fully saturated rings. The van der Waals surface area contributed by atoms with E-state index < -0.39 is 5.97 Å². The summed E-state index contributed by atoms with van der Waals surface area (Å²) >= 11 is 0. The van der Waals surface area contributed by atoms with E-state index in [2.05, 4.69) is 40.0 Å². The fourth-order valence-electron chi connectivity index (χ4n) is 2.29. The molecule has 0 atom stereocenters. The Labute approximate surface area is 115 Å². The molecule has 0 aliphatic heterocycles. The van der Waals surface area contributed by atoms with Gasteiger partial charge in [0.1, 0.15) is 0 Å². The van der Waals surface area contributed by atoms with Crippen LogP contribution in [-0.2, 0) is 13.1 Å².